The van der Waals surface area contributed by atoms with E-state index in [0.717, 1.165) is 28.0 Å². The number of rotatable bonds is 5. The van der Waals surface area contributed by atoms with Crippen molar-refractivity contribution in [1.29, 1.82) is 0 Å². The minimum absolute atomic E-state index is 0.369. The van der Waals surface area contributed by atoms with Crippen LogP contribution in [0.4, 0.5) is 17.1 Å². The summed E-state index contributed by atoms with van der Waals surface area (Å²) in [7, 11) is 0. The molecule has 6 rings (SSSR count). The van der Waals surface area contributed by atoms with E-state index in [1.54, 1.807) is 12.1 Å². The zero-order valence-corrected chi connectivity index (χ0v) is 19.2. The van der Waals surface area contributed by atoms with E-state index in [0.29, 0.717) is 16.9 Å². The molecule has 0 atom stereocenters. The molecule has 0 saturated carbocycles. The molecule has 0 radical (unpaired) electrons. The SMILES string of the molecule is O=C1CC(=O)OC(c2ccc3cc(-c4ccc(N(c5ccccc5)c5ccccc5)cc4)oc3c2)O1. The van der Waals surface area contributed by atoms with Gasteiger partial charge in [0.15, 0.2) is 0 Å². The van der Waals surface area contributed by atoms with Crippen LogP contribution in [0.1, 0.15) is 18.3 Å². The highest BCUT2D eigenvalue weighted by Crippen LogP contribution is 2.36. The van der Waals surface area contributed by atoms with E-state index < -0.39 is 18.2 Å². The van der Waals surface area contributed by atoms with Crippen LogP contribution in [0.5, 0.6) is 0 Å². The van der Waals surface area contributed by atoms with Crippen molar-refractivity contribution in [3.8, 4) is 11.3 Å². The maximum atomic E-state index is 11.6. The Morgan fingerprint density at radius 1 is 0.639 bits per heavy atom. The van der Waals surface area contributed by atoms with Crippen molar-refractivity contribution >= 4 is 40.0 Å². The summed E-state index contributed by atoms with van der Waals surface area (Å²) in [5.41, 5.74) is 5.23. The number of hydrogen-bond donors (Lipinski definition) is 0. The van der Waals surface area contributed by atoms with Gasteiger partial charge in [0.1, 0.15) is 17.8 Å². The molecule has 36 heavy (non-hydrogen) atoms. The van der Waals surface area contributed by atoms with E-state index >= 15 is 0 Å². The molecule has 0 unspecified atom stereocenters. The van der Waals surface area contributed by atoms with E-state index in [4.69, 9.17) is 13.9 Å². The number of fused-ring (bicyclic) bond motifs is 1. The summed E-state index contributed by atoms with van der Waals surface area (Å²) < 4.78 is 16.4. The van der Waals surface area contributed by atoms with Crippen molar-refractivity contribution in [2.45, 2.75) is 12.7 Å². The number of carbonyl (C=O) groups excluding carboxylic acids is 2. The zero-order valence-electron chi connectivity index (χ0n) is 19.2. The zero-order chi connectivity index (χ0) is 24.5. The molecule has 5 aromatic rings. The molecule has 1 fully saturated rings. The van der Waals surface area contributed by atoms with Crippen molar-refractivity contribution in [1.82, 2.24) is 0 Å². The van der Waals surface area contributed by atoms with E-state index in [1.165, 1.54) is 0 Å². The molecule has 1 aliphatic heterocycles. The van der Waals surface area contributed by atoms with Gasteiger partial charge in [0.2, 0.25) is 0 Å². The first-order valence-corrected chi connectivity index (χ1v) is 11.6. The van der Waals surface area contributed by atoms with Crippen LogP contribution in [-0.4, -0.2) is 11.9 Å². The van der Waals surface area contributed by atoms with E-state index in [-0.39, 0.29) is 6.42 Å². The lowest BCUT2D eigenvalue weighted by atomic mass is 10.1. The first kappa shape index (κ1) is 21.7. The fourth-order valence-corrected chi connectivity index (χ4v) is 4.31. The van der Waals surface area contributed by atoms with Crippen LogP contribution in [0, 0.1) is 0 Å². The van der Waals surface area contributed by atoms with Crippen LogP contribution < -0.4 is 4.90 Å². The van der Waals surface area contributed by atoms with Crippen LogP contribution in [0.25, 0.3) is 22.3 Å². The fourth-order valence-electron chi connectivity index (χ4n) is 4.31. The molecule has 0 spiro atoms. The molecule has 0 N–H and O–H groups in total. The number of anilines is 3. The Bertz CT molecular complexity index is 1490. The smallest absolute Gasteiger partial charge is 0.320 e. The number of benzene rings is 4. The second-order valence-corrected chi connectivity index (χ2v) is 8.45. The summed E-state index contributed by atoms with van der Waals surface area (Å²) in [5.74, 6) is -0.495. The van der Waals surface area contributed by atoms with Gasteiger partial charge in [-0.1, -0.05) is 48.5 Å². The van der Waals surface area contributed by atoms with Gasteiger partial charge in [-0.25, -0.2) is 0 Å². The van der Waals surface area contributed by atoms with Gasteiger partial charge in [-0.15, -0.1) is 0 Å². The number of hydrogen-bond acceptors (Lipinski definition) is 6. The summed E-state index contributed by atoms with van der Waals surface area (Å²) in [4.78, 5) is 25.4. The van der Waals surface area contributed by atoms with Crippen molar-refractivity contribution in [3.05, 3.63) is 115 Å². The van der Waals surface area contributed by atoms with E-state index in [1.807, 2.05) is 60.7 Å². The second-order valence-electron chi connectivity index (χ2n) is 8.45. The first-order chi connectivity index (χ1) is 17.6. The standard InChI is InChI=1S/C30H21NO5/c32-28-19-29(33)36-30(35-28)22-12-11-21-17-26(34-27(21)18-22)20-13-15-25(16-14-20)31(23-7-3-1-4-8-23)24-9-5-2-6-10-24/h1-18,30H,19H2. The predicted molar refractivity (Wildman–Crippen MR) is 136 cm³/mol. The Balaban J connectivity index is 1.31. The number of para-hydroxylation sites is 2. The van der Waals surface area contributed by atoms with Gasteiger partial charge in [-0.3, -0.25) is 9.59 Å². The van der Waals surface area contributed by atoms with Crippen molar-refractivity contribution in [3.63, 3.8) is 0 Å². The lowest BCUT2D eigenvalue weighted by Crippen LogP contribution is -2.26. The van der Waals surface area contributed by atoms with E-state index in [9.17, 15) is 9.59 Å². The number of carbonyl (C=O) groups is 2. The Morgan fingerprint density at radius 3 is 1.83 bits per heavy atom. The first-order valence-electron chi connectivity index (χ1n) is 11.6. The number of furan rings is 1. The van der Waals surface area contributed by atoms with Crippen LogP contribution in [0.2, 0.25) is 0 Å². The van der Waals surface area contributed by atoms with E-state index in [2.05, 4.69) is 41.3 Å². The van der Waals surface area contributed by atoms with Crippen LogP contribution in [0.3, 0.4) is 0 Å². The molecular formula is C30H21NO5. The topological polar surface area (TPSA) is 69.0 Å². The van der Waals surface area contributed by atoms with Gasteiger partial charge in [0.05, 0.1) is 0 Å². The van der Waals surface area contributed by atoms with Gasteiger partial charge < -0.3 is 18.8 Å². The maximum absolute atomic E-state index is 11.6. The second kappa shape index (κ2) is 9.07. The van der Waals surface area contributed by atoms with Gasteiger partial charge in [-0.2, -0.15) is 0 Å². The summed E-state index contributed by atoms with van der Waals surface area (Å²) in [6.45, 7) is 0. The van der Waals surface area contributed by atoms with Gasteiger partial charge in [0.25, 0.3) is 6.29 Å². The van der Waals surface area contributed by atoms with Crippen molar-refractivity contribution in [2.75, 3.05) is 4.90 Å². The highest BCUT2D eigenvalue weighted by molar-refractivity contribution is 5.93. The largest absolute Gasteiger partial charge is 0.456 e. The van der Waals surface area contributed by atoms with Crippen molar-refractivity contribution < 1.29 is 23.5 Å². The normalized spacial score (nSPS) is 13.9. The fraction of sp³-hybridized carbons (Fsp3) is 0.0667. The average molecular weight is 476 g/mol. The molecule has 1 aromatic heterocycles. The molecule has 1 saturated heterocycles. The minimum atomic E-state index is -1.06. The molecule has 6 nitrogen and oxygen atoms in total. The molecule has 0 bridgehead atoms. The quantitative estimate of drug-likeness (QED) is 0.200. The Morgan fingerprint density at radius 2 is 1.22 bits per heavy atom. The Labute approximate surface area is 207 Å². The molecule has 0 amide bonds. The van der Waals surface area contributed by atoms with Crippen LogP contribution in [0.15, 0.2) is 114 Å². The minimum Gasteiger partial charge on any atom is -0.456 e. The molecule has 4 aromatic carbocycles. The summed E-state index contributed by atoms with van der Waals surface area (Å²) in [6.07, 6.45) is -1.43. The third kappa shape index (κ3) is 4.20. The highest BCUT2D eigenvalue weighted by Gasteiger charge is 2.29. The Hall–Kier alpha value is -4.84. The molecule has 1 aliphatic rings. The number of esters is 2. The molecular weight excluding hydrogens is 454 g/mol. The molecule has 0 aliphatic carbocycles. The molecule has 2 heterocycles. The van der Waals surface area contributed by atoms with Crippen LogP contribution in [-0.2, 0) is 19.1 Å². The summed E-state index contributed by atoms with van der Waals surface area (Å²) >= 11 is 0. The van der Waals surface area contributed by atoms with Gasteiger partial charge in [-0.05, 0) is 60.7 Å². The average Bonchev–Trinajstić information content (AvgIpc) is 3.34. The third-order valence-corrected chi connectivity index (χ3v) is 6.02. The lowest BCUT2D eigenvalue weighted by Gasteiger charge is -2.25. The third-order valence-electron chi connectivity index (χ3n) is 6.02. The van der Waals surface area contributed by atoms with Gasteiger partial charge >= 0.3 is 11.9 Å². The number of ether oxygens (including phenoxy) is 2. The molecule has 6 heteroatoms. The predicted octanol–water partition coefficient (Wildman–Crippen LogP) is 7.06. The highest BCUT2D eigenvalue weighted by atomic mass is 16.7. The maximum Gasteiger partial charge on any atom is 0.320 e. The van der Waals surface area contributed by atoms with Gasteiger partial charge in [0, 0.05) is 33.6 Å². The number of nitrogens with zero attached hydrogens (tertiary/aromatic N) is 1. The lowest BCUT2D eigenvalue weighted by molar-refractivity contribution is -0.204. The summed E-state index contributed by atoms with van der Waals surface area (Å²) in [5, 5.41) is 0.890. The van der Waals surface area contributed by atoms with Crippen molar-refractivity contribution in [2.24, 2.45) is 0 Å². The monoisotopic (exact) mass is 475 g/mol. The summed E-state index contributed by atoms with van der Waals surface area (Å²) in [6, 6.07) is 35.9. The molecule has 176 valence electrons. The van der Waals surface area contributed by atoms with Crippen LogP contribution >= 0.6 is 0 Å². The Kier molecular flexibility index (Phi) is 5.46. The number of cyclic esters (lactones) is 2.